The van der Waals surface area contributed by atoms with Crippen molar-refractivity contribution in [3.05, 3.63) is 48.4 Å². The van der Waals surface area contributed by atoms with Gasteiger partial charge in [-0.2, -0.15) is 0 Å². The molecule has 2 rings (SSSR count). The molecule has 9 heteroatoms. The molecule has 0 aliphatic heterocycles. The summed E-state index contributed by atoms with van der Waals surface area (Å²) < 4.78 is 19.8. The normalized spacial score (nSPS) is 9.80. The Morgan fingerprint density at radius 2 is 1.72 bits per heavy atom. The Morgan fingerprint density at radius 3 is 2.36 bits per heavy atom. The number of hydrogen-bond acceptors (Lipinski definition) is 7. The fraction of sp³-hybridized carbons (Fsp3) is 0.188. The maximum atomic E-state index is 11.5. The van der Waals surface area contributed by atoms with Crippen LogP contribution in [0, 0.1) is 0 Å². The van der Waals surface area contributed by atoms with Gasteiger partial charge in [0.1, 0.15) is 11.5 Å². The molecule has 0 aliphatic rings. The average Bonchev–Trinajstić information content (AvgIpc) is 3.18. The Bertz CT molecular complexity index is 711. The van der Waals surface area contributed by atoms with Gasteiger partial charge in [-0.25, -0.2) is 4.79 Å². The van der Waals surface area contributed by atoms with Crippen molar-refractivity contribution in [2.45, 2.75) is 0 Å². The molecular weight excluding hydrogens is 332 g/mol. The van der Waals surface area contributed by atoms with Crippen molar-refractivity contribution in [1.29, 1.82) is 0 Å². The van der Waals surface area contributed by atoms with Gasteiger partial charge in [0.05, 0.1) is 13.4 Å². The van der Waals surface area contributed by atoms with Crippen molar-refractivity contribution in [3.8, 4) is 11.5 Å². The molecule has 0 atom stereocenters. The lowest BCUT2D eigenvalue weighted by atomic mass is 10.3. The first kappa shape index (κ1) is 17.9. The summed E-state index contributed by atoms with van der Waals surface area (Å²) in [6, 6.07) is 9.57. The topological polar surface area (TPSA) is 116 Å². The van der Waals surface area contributed by atoms with Crippen LogP contribution in [0.2, 0.25) is 0 Å². The molecular formula is C16H16N2O7. The summed E-state index contributed by atoms with van der Waals surface area (Å²) in [4.78, 5) is 34.5. The number of esters is 1. The fourth-order valence-electron chi connectivity index (χ4n) is 1.63. The van der Waals surface area contributed by atoms with Crippen LogP contribution >= 0.6 is 0 Å². The Labute approximate surface area is 142 Å². The predicted octanol–water partition coefficient (Wildman–Crippen LogP) is 0.671. The minimum Gasteiger partial charge on any atom is -0.497 e. The molecule has 132 valence electrons. The number of methoxy groups -OCH3 is 1. The number of carbonyl (C=O) groups is 3. The van der Waals surface area contributed by atoms with Crippen LogP contribution in [0.4, 0.5) is 0 Å². The minimum absolute atomic E-state index is 0.0326. The van der Waals surface area contributed by atoms with Gasteiger partial charge in [-0.1, -0.05) is 0 Å². The highest BCUT2D eigenvalue weighted by atomic mass is 16.6. The monoisotopic (exact) mass is 348 g/mol. The number of hydrazine groups is 1. The number of furan rings is 1. The number of benzene rings is 1. The minimum atomic E-state index is -0.733. The van der Waals surface area contributed by atoms with E-state index in [0.29, 0.717) is 11.5 Å². The molecule has 0 aliphatic carbocycles. The van der Waals surface area contributed by atoms with E-state index in [0.717, 1.165) is 0 Å². The van der Waals surface area contributed by atoms with Gasteiger partial charge in [-0.3, -0.25) is 20.4 Å². The van der Waals surface area contributed by atoms with Crippen molar-refractivity contribution in [2.75, 3.05) is 20.3 Å². The molecule has 0 radical (unpaired) electrons. The van der Waals surface area contributed by atoms with Crippen molar-refractivity contribution in [3.63, 3.8) is 0 Å². The molecule has 0 saturated heterocycles. The summed E-state index contributed by atoms with van der Waals surface area (Å²) in [5.41, 5.74) is 4.19. The SMILES string of the molecule is COc1ccc(OCC(=O)OCC(=O)NNC(=O)c2ccco2)cc1. The Morgan fingerprint density at radius 1 is 1.00 bits per heavy atom. The zero-order valence-electron chi connectivity index (χ0n) is 13.3. The van der Waals surface area contributed by atoms with Crippen LogP contribution in [0.3, 0.4) is 0 Å². The van der Waals surface area contributed by atoms with Gasteiger partial charge in [-0.05, 0) is 36.4 Å². The Balaban J connectivity index is 1.63. The van der Waals surface area contributed by atoms with Crippen molar-refractivity contribution in [1.82, 2.24) is 10.9 Å². The highest BCUT2D eigenvalue weighted by Crippen LogP contribution is 2.16. The molecule has 2 aromatic rings. The Kier molecular flexibility index (Phi) is 6.40. The van der Waals surface area contributed by atoms with Gasteiger partial charge >= 0.3 is 11.9 Å². The summed E-state index contributed by atoms with van der Waals surface area (Å²) in [5, 5.41) is 0. The number of nitrogens with one attached hydrogen (secondary N) is 2. The number of amides is 2. The number of ether oxygens (including phenoxy) is 3. The zero-order valence-corrected chi connectivity index (χ0v) is 13.3. The second-order valence-electron chi connectivity index (χ2n) is 4.60. The average molecular weight is 348 g/mol. The van der Waals surface area contributed by atoms with Crippen LogP contribution in [-0.2, 0) is 14.3 Å². The molecule has 1 aromatic heterocycles. The van der Waals surface area contributed by atoms with Gasteiger partial charge < -0.3 is 18.6 Å². The van der Waals surface area contributed by atoms with Gasteiger partial charge in [0.15, 0.2) is 19.0 Å². The highest BCUT2D eigenvalue weighted by Gasteiger charge is 2.11. The third kappa shape index (κ3) is 5.90. The smallest absolute Gasteiger partial charge is 0.344 e. The molecule has 1 aromatic carbocycles. The van der Waals surface area contributed by atoms with E-state index in [9.17, 15) is 14.4 Å². The molecule has 0 spiro atoms. The number of rotatable bonds is 7. The maximum absolute atomic E-state index is 11.5. The van der Waals surface area contributed by atoms with E-state index in [4.69, 9.17) is 18.6 Å². The van der Waals surface area contributed by atoms with Gasteiger partial charge in [-0.15, -0.1) is 0 Å². The molecule has 0 unspecified atom stereocenters. The van der Waals surface area contributed by atoms with E-state index in [1.807, 2.05) is 0 Å². The molecule has 0 bridgehead atoms. The van der Waals surface area contributed by atoms with Crippen LogP contribution in [0.15, 0.2) is 47.1 Å². The first-order chi connectivity index (χ1) is 12.1. The quantitative estimate of drug-likeness (QED) is 0.558. The largest absolute Gasteiger partial charge is 0.497 e. The molecule has 1 heterocycles. The first-order valence-corrected chi connectivity index (χ1v) is 7.13. The van der Waals surface area contributed by atoms with E-state index in [1.54, 1.807) is 24.3 Å². The van der Waals surface area contributed by atoms with Gasteiger partial charge in [0.2, 0.25) is 0 Å². The van der Waals surface area contributed by atoms with Crippen LogP contribution in [0.1, 0.15) is 10.6 Å². The standard InChI is InChI=1S/C16H16N2O7/c1-22-11-4-6-12(7-5-11)24-10-15(20)25-9-14(19)17-18-16(21)13-3-2-8-23-13/h2-8H,9-10H2,1H3,(H,17,19)(H,18,21). The molecule has 25 heavy (non-hydrogen) atoms. The van der Waals surface area contributed by atoms with E-state index in [1.165, 1.54) is 25.5 Å². The molecule has 2 amide bonds. The zero-order chi connectivity index (χ0) is 18.1. The third-order valence-corrected chi connectivity index (χ3v) is 2.84. The van der Waals surface area contributed by atoms with E-state index < -0.39 is 24.4 Å². The summed E-state index contributed by atoms with van der Waals surface area (Å²) in [6.07, 6.45) is 1.32. The Hall–Kier alpha value is -3.49. The van der Waals surface area contributed by atoms with Crippen LogP contribution in [0.25, 0.3) is 0 Å². The lowest BCUT2D eigenvalue weighted by Gasteiger charge is -2.08. The summed E-state index contributed by atoms with van der Waals surface area (Å²) in [7, 11) is 1.54. The lowest BCUT2D eigenvalue weighted by molar-refractivity contribution is -0.150. The van der Waals surface area contributed by atoms with Crippen molar-refractivity contribution >= 4 is 17.8 Å². The second kappa shape index (κ2) is 8.96. The van der Waals surface area contributed by atoms with Crippen LogP contribution in [-0.4, -0.2) is 38.1 Å². The van der Waals surface area contributed by atoms with E-state index in [-0.39, 0.29) is 12.4 Å². The fourth-order valence-corrected chi connectivity index (χ4v) is 1.63. The molecule has 9 nitrogen and oxygen atoms in total. The predicted molar refractivity (Wildman–Crippen MR) is 83.8 cm³/mol. The highest BCUT2D eigenvalue weighted by molar-refractivity contribution is 5.93. The molecule has 0 saturated carbocycles. The van der Waals surface area contributed by atoms with Crippen LogP contribution < -0.4 is 20.3 Å². The maximum Gasteiger partial charge on any atom is 0.344 e. The second-order valence-corrected chi connectivity index (χ2v) is 4.60. The summed E-state index contributed by atoms with van der Waals surface area (Å²) >= 11 is 0. The third-order valence-electron chi connectivity index (χ3n) is 2.84. The lowest BCUT2D eigenvalue weighted by Crippen LogP contribution is -2.43. The van der Waals surface area contributed by atoms with Crippen LogP contribution in [0.5, 0.6) is 11.5 Å². The van der Waals surface area contributed by atoms with E-state index >= 15 is 0 Å². The van der Waals surface area contributed by atoms with E-state index in [2.05, 4.69) is 10.9 Å². The van der Waals surface area contributed by atoms with Crippen molar-refractivity contribution in [2.24, 2.45) is 0 Å². The summed E-state index contributed by atoms with van der Waals surface area (Å²) in [5.74, 6) is -0.935. The first-order valence-electron chi connectivity index (χ1n) is 7.13. The number of carbonyl (C=O) groups excluding carboxylic acids is 3. The van der Waals surface area contributed by atoms with Crippen molar-refractivity contribution < 1.29 is 33.0 Å². The molecule has 2 N–H and O–H groups in total. The van der Waals surface area contributed by atoms with Gasteiger partial charge in [0.25, 0.3) is 5.91 Å². The van der Waals surface area contributed by atoms with Gasteiger partial charge in [0, 0.05) is 0 Å². The summed E-state index contributed by atoms with van der Waals surface area (Å²) in [6.45, 7) is -0.929. The number of hydrogen-bond donors (Lipinski definition) is 2. The molecule has 0 fully saturated rings.